The Labute approximate surface area is 99.6 Å². The minimum Gasteiger partial charge on any atom is -0.267 e. The van der Waals surface area contributed by atoms with Crippen LogP contribution in [0.25, 0.3) is 10.9 Å². The summed E-state index contributed by atoms with van der Waals surface area (Å²) in [6.07, 6.45) is 0.818. The van der Waals surface area contributed by atoms with Crippen molar-refractivity contribution in [2.24, 2.45) is 5.10 Å². The number of aryl methyl sites for hydroxylation is 1. The van der Waals surface area contributed by atoms with Crippen molar-refractivity contribution in [1.82, 2.24) is 9.66 Å². The fourth-order valence-corrected chi connectivity index (χ4v) is 1.59. The summed E-state index contributed by atoms with van der Waals surface area (Å²) >= 11 is 0. The summed E-state index contributed by atoms with van der Waals surface area (Å²) in [5, 5.41) is 4.89. The van der Waals surface area contributed by atoms with Gasteiger partial charge in [-0.3, -0.25) is 4.79 Å². The van der Waals surface area contributed by atoms with Gasteiger partial charge in [0, 0.05) is 5.71 Å². The van der Waals surface area contributed by atoms with Gasteiger partial charge < -0.3 is 0 Å². The molecule has 1 heterocycles. The molecule has 88 valence electrons. The van der Waals surface area contributed by atoms with Gasteiger partial charge >= 0.3 is 0 Å². The molecule has 0 atom stereocenters. The molecule has 0 N–H and O–H groups in total. The Hall–Kier alpha value is -1.97. The molecule has 4 heteroatoms. The van der Waals surface area contributed by atoms with Gasteiger partial charge in [-0.25, -0.2) is 4.98 Å². The zero-order chi connectivity index (χ0) is 12.4. The molecule has 0 amide bonds. The predicted molar refractivity (Wildman–Crippen MR) is 69.5 cm³/mol. The second-order valence-corrected chi connectivity index (χ2v) is 3.98. The van der Waals surface area contributed by atoms with Gasteiger partial charge in [-0.15, -0.1) is 0 Å². The maximum Gasteiger partial charge on any atom is 0.282 e. The molecule has 0 aliphatic carbocycles. The standard InChI is InChI=1S/C13H15N3O/c1-4-9(2)15-16-10(3)14-12-8-6-5-7-11(12)13(16)17/h5-8H,4H2,1-3H3. The van der Waals surface area contributed by atoms with Crippen molar-refractivity contribution >= 4 is 16.6 Å². The van der Waals surface area contributed by atoms with Crippen LogP contribution in [0.5, 0.6) is 0 Å². The van der Waals surface area contributed by atoms with Crippen LogP contribution < -0.4 is 5.56 Å². The summed E-state index contributed by atoms with van der Waals surface area (Å²) in [6.45, 7) is 5.70. The molecule has 4 nitrogen and oxygen atoms in total. The first-order valence-electron chi connectivity index (χ1n) is 5.66. The fourth-order valence-electron chi connectivity index (χ4n) is 1.59. The smallest absolute Gasteiger partial charge is 0.267 e. The number of fused-ring (bicyclic) bond motifs is 1. The third-order valence-corrected chi connectivity index (χ3v) is 2.70. The van der Waals surface area contributed by atoms with Crippen LogP contribution in [-0.2, 0) is 0 Å². The lowest BCUT2D eigenvalue weighted by atomic mass is 10.2. The first kappa shape index (κ1) is 11.5. The molecular formula is C13H15N3O. The molecule has 2 rings (SSSR count). The Kier molecular flexibility index (Phi) is 3.04. The average molecular weight is 229 g/mol. The van der Waals surface area contributed by atoms with Crippen LogP contribution in [0.15, 0.2) is 34.2 Å². The van der Waals surface area contributed by atoms with Crippen LogP contribution in [0, 0.1) is 6.92 Å². The van der Waals surface area contributed by atoms with E-state index in [4.69, 9.17) is 0 Å². The van der Waals surface area contributed by atoms with E-state index < -0.39 is 0 Å². The van der Waals surface area contributed by atoms with E-state index in [-0.39, 0.29) is 5.56 Å². The summed E-state index contributed by atoms with van der Waals surface area (Å²) < 4.78 is 1.38. The van der Waals surface area contributed by atoms with Crippen LogP contribution in [0.3, 0.4) is 0 Å². The van der Waals surface area contributed by atoms with Crippen LogP contribution >= 0.6 is 0 Å². The number of aromatic nitrogens is 2. The molecule has 0 fully saturated rings. The molecule has 0 aliphatic rings. The molecule has 1 aromatic heterocycles. The lowest BCUT2D eigenvalue weighted by molar-refractivity contribution is 0.762. The normalized spacial score (nSPS) is 12.1. The summed E-state index contributed by atoms with van der Waals surface area (Å²) in [4.78, 5) is 16.6. The molecule has 0 aliphatic heterocycles. The molecule has 0 radical (unpaired) electrons. The van der Waals surface area contributed by atoms with Crippen molar-refractivity contribution in [2.45, 2.75) is 27.2 Å². The third kappa shape index (κ3) is 2.11. The Bertz CT molecular complexity index is 641. The van der Waals surface area contributed by atoms with E-state index >= 15 is 0 Å². The zero-order valence-electron chi connectivity index (χ0n) is 10.3. The highest BCUT2D eigenvalue weighted by atomic mass is 16.1. The van der Waals surface area contributed by atoms with Gasteiger partial charge in [-0.05, 0) is 32.4 Å². The predicted octanol–water partition coefficient (Wildman–Crippen LogP) is 2.34. The van der Waals surface area contributed by atoms with Crippen molar-refractivity contribution in [1.29, 1.82) is 0 Å². The van der Waals surface area contributed by atoms with E-state index in [0.29, 0.717) is 11.2 Å². The second kappa shape index (κ2) is 4.49. The van der Waals surface area contributed by atoms with E-state index in [1.807, 2.05) is 32.0 Å². The van der Waals surface area contributed by atoms with E-state index in [1.165, 1.54) is 4.68 Å². The Morgan fingerprint density at radius 1 is 1.41 bits per heavy atom. The number of hydrogen-bond acceptors (Lipinski definition) is 3. The minimum absolute atomic E-state index is 0.110. The van der Waals surface area contributed by atoms with Crippen molar-refractivity contribution in [3.05, 3.63) is 40.4 Å². The highest BCUT2D eigenvalue weighted by Crippen LogP contribution is 2.07. The minimum atomic E-state index is -0.110. The molecule has 0 bridgehead atoms. The average Bonchev–Trinajstić information content (AvgIpc) is 2.34. The van der Waals surface area contributed by atoms with Gasteiger partial charge in [0.2, 0.25) is 0 Å². The number of hydrogen-bond donors (Lipinski definition) is 0. The van der Waals surface area contributed by atoms with Gasteiger partial charge in [0.15, 0.2) is 0 Å². The Morgan fingerprint density at radius 3 is 2.82 bits per heavy atom. The second-order valence-electron chi connectivity index (χ2n) is 3.98. The monoisotopic (exact) mass is 229 g/mol. The maximum atomic E-state index is 12.2. The van der Waals surface area contributed by atoms with Crippen molar-refractivity contribution < 1.29 is 0 Å². The number of nitrogens with zero attached hydrogens (tertiary/aromatic N) is 3. The largest absolute Gasteiger partial charge is 0.282 e. The van der Waals surface area contributed by atoms with Crippen LogP contribution in [0.2, 0.25) is 0 Å². The summed E-state index contributed by atoms with van der Waals surface area (Å²) in [6, 6.07) is 7.32. The molecule has 0 saturated carbocycles. The quantitative estimate of drug-likeness (QED) is 0.742. The van der Waals surface area contributed by atoms with Crippen LogP contribution in [0.1, 0.15) is 26.1 Å². The summed E-state index contributed by atoms with van der Waals surface area (Å²) in [5.74, 6) is 0.612. The third-order valence-electron chi connectivity index (χ3n) is 2.70. The first-order chi connectivity index (χ1) is 8.13. The first-order valence-corrected chi connectivity index (χ1v) is 5.66. The molecule has 0 saturated heterocycles. The number of rotatable bonds is 2. The van der Waals surface area contributed by atoms with Gasteiger partial charge in [0.05, 0.1) is 10.9 Å². The molecular weight excluding hydrogens is 214 g/mol. The van der Waals surface area contributed by atoms with Gasteiger partial charge in [0.25, 0.3) is 5.56 Å². The number of para-hydroxylation sites is 1. The van der Waals surface area contributed by atoms with Crippen LogP contribution in [-0.4, -0.2) is 15.4 Å². The summed E-state index contributed by atoms with van der Waals surface area (Å²) in [5.41, 5.74) is 1.52. The Morgan fingerprint density at radius 2 is 2.12 bits per heavy atom. The lowest BCUT2D eigenvalue weighted by Gasteiger charge is -2.06. The van der Waals surface area contributed by atoms with Crippen molar-refractivity contribution in [3.8, 4) is 0 Å². The number of benzene rings is 1. The van der Waals surface area contributed by atoms with Crippen molar-refractivity contribution in [3.63, 3.8) is 0 Å². The topological polar surface area (TPSA) is 47.2 Å². The molecule has 0 spiro atoms. The van der Waals surface area contributed by atoms with E-state index in [1.54, 1.807) is 13.0 Å². The highest BCUT2D eigenvalue weighted by molar-refractivity contribution is 5.82. The zero-order valence-corrected chi connectivity index (χ0v) is 10.3. The fraction of sp³-hybridized carbons (Fsp3) is 0.308. The molecule has 0 unspecified atom stereocenters. The SMILES string of the molecule is CCC(C)=Nn1c(C)nc2ccccc2c1=O. The Balaban J connectivity index is 2.77. The molecule has 1 aromatic carbocycles. The van der Waals surface area contributed by atoms with E-state index in [0.717, 1.165) is 17.6 Å². The van der Waals surface area contributed by atoms with Gasteiger partial charge in [0.1, 0.15) is 5.82 Å². The van der Waals surface area contributed by atoms with E-state index in [9.17, 15) is 4.79 Å². The van der Waals surface area contributed by atoms with Crippen molar-refractivity contribution in [2.75, 3.05) is 0 Å². The maximum absolute atomic E-state index is 12.2. The van der Waals surface area contributed by atoms with Crippen LogP contribution in [0.4, 0.5) is 0 Å². The molecule has 2 aromatic rings. The highest BCUT2D eigenvalue weighted by Gasteiger charge is 2.06. The molecule has 17 heavy (non-hydrogen) atoms. The van der Waals surface area contributed by atoms with Gasteiger partial charge in [-0.2, -0.15) is 9.78 Å². The van der Waals surface area contributed by atoms with Gasteiger partial charge in [-0.1, -0.05) is 19.1 Å². The summed E-state index contributed by atoms with van der Waals surface area (Å²) in [7, 11) is 0. The lowest BCUT2D eigenvalue weighted by Crippen LogP contribution is -2.21. The van der Waals surface area contributed by atoms with E-state index in [2.05, 4.69) is 10.1 Å².